The predicted molar refractivity (Wildman–Crippen MR) is 64.3 cm³/mol. The molecule has 2 rings (SSSR count). The summed E-state index contributed by atoms with van der Waals surface area (Å²) in [6, 6.07) is 0. The topological polar surface area (TPSA) is 69.1 Å². The maximum Gasteiger partial charge on any atom is 0.221 e. The third-order valence-corrected chi connectivity index (χ3v) is 4.13. The van der Waals surface area contributed by atoms with Crippen LogP contribution in [0.25, 0.3) is 0 Å². The fraction of sp³-hybridized carbons (Fsp3) is 0.769. The van der Waals surface area contributed by atoms with E-state index in [2.05, 4.69) is 0 Å². The van der Waals surface area contributed by atoms with Crippen molar-refractivity contribution in [2.45, 2.75) is 51.4 Å². The molecule has 0 aliphatic heterocycles. The van der Waals surface area contributed by atoms with Crippen molar-refractivity contribution in [2.75, 3.05) is 0 Å². The highest BCUT2D eigenvalue weighted by Crippen LogP contribution is 2.39. The number of carbonyl (C=O) groups is 1. The maximum atomic E-state index is 11.5. The molecular weight excluding hydrogens is 200 g/mol. The lowest BCUT2D eigenvalue weighted by Gasteiger charge is -2.24. The standard InChI is InChI=1S/C13H22N2O/c14-12-8-4-3-5-9-10(12)6-1-2-7-11(9)13(15)16/h9,11H,1-8,14H2,(H2,15,16). The Kier molecular flexibility index (Phi) is 3.52. The molecule has 1 fully saturated rings. The summed E-state index contributed by atoms with van der Waals surface area (Å²) >= 11 is 0. The summed E-state index contributed by atoms with van der Waals surface area (Å²) < 4.78 is 0. The monoisotopic (exact) mass is 222 g/mol. The van der Waals surface area contributed by atoms with Crippen LogP contribution in [0.5, 0.6) is 0 Å². The van der Waals surface area contributed by atoms with E-state index >= 15 is 0 Å². The lowest BCUT2D eigenvalue weighted by atomic mass is 9.81. The van der Waals surface area contributed by atoms with Crippen molar-refractivity contribution in [1.29, 1.82) is 0 Å². The predicted octanol–water partition coefficient (Wildman–Crippen LogP) is 2.06. The van der Waals surface area contributed by atoms with Crippen molar-refractivity contribution < 1.29 is 4.79 Å². The Hall–Kier alpha value is -0.990. The first-order valence-electron chi connectivity index (χ1n) is 6.47. The Labute approximate surface area is 97.3 Å². The van der Waals surface area contributed by atoms with E-state index in [-0.39, 0.29) is 11.8 Å². The molecule has 0 saturated heterocycles. The largest absolute Gasteiger partial charge is 0.402 e. The summed E-state index contributed by atoms with van der Waals surface area (Å²) in [6.45, 7) is 0. The van der Waals surface area contributed by atoms with Crippen molar-refractivity contribution >= 4 is 5.91 Å². The second-order valence-corrected chi connectivity index (χ2v) is 5.16. The van der Waals surface area contributed by atoms with Gasteiger partial charge in [0, 0.05) is 11.6 Å². The average molecular weight is 222 g/mol. The van der Waals surface area contributed by atoms with Gasteiger partial charge in [0.2, 0.25) is 5.91 Å². The molecule has 90 valence electrons. The van der Waals surface area contributed by atoms with Crippen LogP contribution in [0.1, 0.15) is 51.4 Å². The molecule has 1 amide bonds. The van der Waals surface area contributed by atoms with Gasteiger partial charge in [-0.15, -0.1) is 0 Å². The molecule has 3 nitrogen and oxygen atoms in total. The van der Waals surface area contributed by atoms with Crippen LogP contribution in [0.2, 0.25) is 0 Å². The van der Waals surface area contributed by atoms with E-state index in [0.29, 0.717) is 5.92 Å². The highest BCUT2D eigenvalue weighted by Gasteiger charge is 2.32. The van der Waals surface area contributed by atoms with Crippen LogP contribution in [0.15, 0.2) is 11.3 Å². The minimum Gasteiger partial charge on any atom is -0.402 e. The number of amides is 1. The van der Waals surface area contributed by atoms with Crippen molar-refractivity contribution in [2.24, 2.45) is 23.3 Å². The van der Waals surface area contributed by atoms with Gasteiger partial charge in [0.1, 0.15) is 0 Å². The molecule has 0 aromatic heterocycles. The van der Waals surface area contributed by atoms with Crippen molar-refractivity contribution in [3.8, 4) is 0 Å². The zero-order valence-electron chi connectivity index (χ0n) is 9.87. The summed E-state index contributed by atoms with van der Waals surface area (Å²) in [6.07, 6.45) is 8.77. The molecule has 2 unspecified atom stereocenters. The Bertz CT molecular complexity index is 309. The molecule has 16 heavy (non-hydrogen) atoms. The molecule has 2 atom stereocenters. The zero-order valence-corrected chi connectivity index (χ0v) is 9.87. The number of rotatable bonds is 1. The van der Waals surface area contributed by atoms with E-state index in [9.17, 15) is 4.79 Å². The van der Waals surface area contributed by atoms with E-state index in [1.54, 1.807) is 0 Å². The van der Waals surface area contributed by atoms with Crippen LogP contribution in [0, 0.1) is 11.8 Å². The second-order valence-electron chi connectivity index (χ2n) is 5.16. The van der Waals surface area contributed by atoms with Crippen LogP contribution >= 0.6 is 0 Å². The van der Waals surface area contributed by atoms with Gasteiger partial charge in [-0.2, -0.15) is 0 Å². The number of hydrogen-bond donors (Lipinski definition) is 2. The molecule has 0 heterocycles. The normalized spacial score (nSPS) is 31.5. The number of allylic oxidation sites excluding steroid dienone is 2. The molecule has 0 aromatic carbocycles. The highest BCUT2D eigenvalue weighted by atomic mass is 16.1. The Morgan fingerprint density at radius 3 is 2.50 bits per heavy atom. The smallest absolute Gasteiger partial charge is 0.221 e. The zero-order chi connectivity index (χ0) is 11.5. The van der Waals surface area contributed by atoms with Crippen LogP contribution in [-0.2, 0) is 4.79 Å². The number of fused-ring (bicyclic) bond motifs is 1. The van der Waals surface area contributed by atoms with Crippen LogP contribution in [-0.4, -0.2) is 5.91 Å². The molecule has 4 N–H and O–H groups in total. The quantitative estimate of drug-likeness (QED) is 0.713. The Morgan fingerprint density at radius 2 is 1.75 bits per heavy atom. The van der Waals surface area contributed by atoms with Gasteiger partial charge in [-0.25, -0.2) is 0 Å². The molecule has 0 aromatic rings. The molecule has 2 aliphatic carbocycles. The molecule has 3 heteroatoms. The average Bonchev–Trinajstić information content (AvgIpc) is 2.54. The van der Waals surface area contributed by atoms with Gasteiger partial charge in [0.15, 0.2) is 0 Å². The van der Waals surface area contributed by atoms with E-state index in [1.165, 1.54) is 12.0 Å². The van der Waals surface area contributed by atoms with Gasteiger partial charge >= 0.3 is 0 Å². The Balaban J connectivity index is 2.30. The number of carbonyl (C=O) groups excluding carboxylic acids is 1. The Morgan fingerprint density at radius 1 is 1.06 bits per heavy atom. The molecule has 0 radical (unpaired) electrons. The molecule has 0 spiro atoms. The molecule has 2 aliphatic rings. The van der Waals surface area contributed by atoms with Gasteiger partial charge in [0.25, 0.3) is 0 Å². The van der Waals surface area contributed by atoms with Gasteiger partial charge in [0.05, 0.1) is 0 Å². The van der Waals surface area contributed by atoms with Gasteiger partial charge in [-0.3, -0.25) is 4.79 Å². The fourth-order valence-corrected chi connectivity index (χ4v) is 3.26. The summed E-state index contributed by atoms with van der Waals surface area (Å²) in [5.74, 6) is 0.260. The number of primary amides is 1. The van der Waals surface area contributed by atoms with Gasteiger partial charge in [-0.1, -0.05) is 12.8 Å². The minimum atomic E-state index is -0.126. The lowest BCUT2D eigenvalue weighted by Crippen LogP contribution is -2.30. The third-order valence-electron chi connectivity index (χ3n) is 4.13. The van der Waals surface area contributed by atoms with E-state index in [4.69, 9.17) is 11.5 Å². The first-order chi connectivity index (χ1) is 7.70. The second kappa shape index (κ2) is 4.89. The van der Waals surface area contributed by atoms with E-state index in [1.807, 2.05) is 0 Å². The highest BCUT2D eigenvalue weighted by molar-refractivity contribution is 5.77. The van der Waals surface area contributed by atoms with Crippen LogP contribution in [0.3, 0.4) is 0 Å². The first-order valence-corrected chi connectivity index (χ1v) is 6.47. The van der Waals surface area contributed by atoms with E-state index < -0.39 is 0 Å². The van der Waals surface area contributed by atoms with Crippen molar-refractivity contribution in [3.63, 3.8) is 0 Å². The fourth-order valence-electron chi connectivity index (χ4n) is 3.26. The van der Waals surface area contributed by atoms with Crippen LogP contribution < -0.4 is 11.5 Å². The number of nitrogens with two attached hydrogens (primary N) is 2. The summed E-state index contributed by atoms with van der Waals surface area (Å²) in [4.78, 5) is 11.5. The third kappa shape index (κ3) is 2.23. The van der Waals surface area contributed by atoms with Gasteiger partial charge in [-0.05, 0) is 50.0 Å². The molecule has 0 bridgehead atoms. The van der Waals surface area contributed by atoms with E-state index in [0.717, 1.165) is 50.6 Å². The first kappa shape index (κ1) is 11.5. The SMILES string of the molecule is NC(=O)C1CCCCC2=C(N)CCCCC21. The number of hydrogen-bond acceptors (Lipinski definition) is 2. The summed E-state index contributed by atoms with van der Waals surface area (Å²) in [7, 11) is 0. The summed E-state index contributed by atoms with van der Waals surface area (Å²) in [5, 5.41) is 0. The van der Waals surface area contributed by atoms with Crippen molar-refractivity contribution in [3.05, 3.63) is 11.3 Å². The molecular formula is C13H22N2O. The summed E-state index contributed by atoms with van der Waals surface area (Å²) in [5.41, 5.74) is 14.1. The lowest BCUT2D eigenvalue weighted by molar-refractivity contribution is -0.123. The van der Waals surface area contributed by atoms with Crippen molar-refractivity contribution in [1.82, 2.24) is 0 Å². The minimum absolute atomic E-state index is 0.0362. The van der Waals surface area contributed by atoms with Crippen LogP contribution in [0.4, 0.5) is 0 Å². The van der Waals surface area contributed by atoms with Gasteiger partial charge < -0.3 is 11.5 Å². The maximum absolute atomic E-state index is 11.5. The molecule has 1 saturated carbocycles.